The molecule has 12 heteroatoms. The number of aromatic nitrogens is 3. The number of rotatable bonds is 10. The third kappa shape index (κ3) is 6.15. The van der Waals surface area contributed by atoms with Crippen molar-refractivity contribution < 1.29 is 23.9 Å². The van der Waals surface area contributed by atoms with E-state index in [-0.39, 0.29) is 30.5 Å². The lowest BCUT2D eigenvalue weighted by atomic mass is 10.0. The lowest BCUT2D eigenvalue weighted by molar-refractivity contribution is -0.153. The van der Waals surface area contributed by atoms with Crippen LogP contribution in [0.3, 0.4) is 0 Å². The van der Waals surface area contributed by atoms with Gasteiger partial charge in [-0.25, -0.2) is 14.5 Å². The molecule has 2 aliphatic rings. The Hall–Kier alpha value is -4.55. The number of ether oxygens (including phenoxy) is 2. The molecule has 2 aromatic heterocycles. The third-order valence-electron chi connectivity index (χ3n) is 6.89. The zero-order chi connectivity index (χ0) is 29.8. The highest BCUT2D eigenvalue weighted by Gasteiger charge is 2.54. The number of hydrogen-bond donors (Lipinski definition) is 1. The first kappa shape index (κ1) is 28.6. The number of fused-ring (bicyclic) bond motifs is 1. The van der Waals surface area contributed by atoms with E-state index in [0.717, 1.165) is 16.0 Å². The molecule has 2 aliphatic heterocycles. The second kappa shape index (κ2) is 12.8. The number of β-lactam (4-membered cyclic amide) rings is 1. The molecule has 6 rings (SSSR count). The Morgan fingerprint density at radius 1 is 1.02 bits per heavy atom. The van der Waals surface area contributed by atoms with Gasteiger partial charge in [-0.3, -0.25) is 14.5 Å². The molecule has 1 N–H and O–H groups in total. The Labute approximate surface area is 256 Å². The molecule has 2 amide bonds. The highest BCUT2D eigenvalue weighted by molar-refractivity contribution is 8.06. The first-order valence-corrected chi connectivity index (χ1v) is 15.3. The van der Waals surface area contributed by atoms with Crippen LogP contribution < -0.4 is 10.1 Å². The van der Waals surface area contributed by atoms with Crippen LogP contribution in [0, 0.1) is 0 Å². The van der Waals surface area contributed by atoms with Crippen molar-refractivity contribution in [1.29, 1.82) is 0 Å². The summed E-state index contributed by atoms with van der Waals surface area (Å²) in [6.45, 7) is 0.0206. The average molecular weight is 614 g/mol. The summed E-state index contributed by atoms with van der Waals surface area (Å²) >= 11 is 2.84. The van der Waals surface area contributed by atoms with Crippen LogP contribution in [0.2, 0.25) is 0 Å². The van der Waals surface area contributed by atoms with E-state index in [1.807, 2.05) is 54.6 Å². The van der Waals surface area contributed by atoms with Crippen molar-refractivity contribution in [2.45, 2.75) is 29.3 Å². The highest BCUT2D eigenvalue weighted by atomic mass is 32.2. The summed E-state index contributed by atoms with van der Waals surface area (Å²) in [6.07, 6.45) is 5.29. The third-order valence-corrected chi connectivity index (χ3v) is 9.47. The van der Waals surface area contributed by atoms with E-state index < -0.39 is 17.4 Å². The van der Waals surface area contributed by atoms with Gasteiger partial charge in [0.25, 0.3) is 5.91 Å². The van der Waals surface area contributed by atoms with Crippen molar-refractivity contribution in [3.05, 3.63) is 113 Å². The smallest absolute Gasteiger partial charge is 0.356 e. The summed E-state index contributed by atoms with van der Waals surface area (Å²) in [6, 6.07) is 21.3. The topological polar surface area (TPSA) is 116 Å². The predicted octanol–water partition coefficient (Wildman–Crippen LogP) is 3.97. The lowest BCUT2D eigenvalue weighted by Gasteiger charge is -2.49. The second-order valence-corrected chi connectivity index (χ2v) is 11.9. The van der Waals surface area contributed by atoms with E-state index in [9.17, 15) is 14.4 Å². The Morgan fingerprint density at radius 2 is 1.84 bits per heavy atom. The van der Waals surface area contributed by atoms with E-state index in [0.29, 0.717) is 22.2 Å². The summed E-state index contributed by atoms with van der Waals surface area (Å²) in [5, 5.41) is 6.74. The first-order chi connectivity index (χ1) is 21.0. The zero-order valence-corrected chi connectivity index (χ0v) is 24.7. The van der Waals surface area contributed by atoms with Crippen molar-refractivity contribution in [2.75, 3.05) is 12.9 Å². The van der Waals surface area contributed by atoms with Gasteiger partial charge in [0.05, 0.1) is 18.4 Å². The van der Waals surface area contributed by atoms with Crippen LogP contribution in [-0.2, 0) is 32.1 Å². The number of thioether (sulfide) groups is 2. The molecule has 0 unspecified atom stereocenters. The molecule has 1 fully saturated rings. The van der Waals surface area contributed by atoms with Crippen LogP contribution in [0.5, 0.6) is 5.75 Å². The normalized spacial score (nSPS) is 17.6. The summed E-state index contributed by atoms with van der Waals surface area (Å²) in [5.41, 5.74) is 1.81. The molecule has 0 bridgehead atoms. The van der Waals surface area contributed by atoms with Crippen LogP contribution in [0.25, 0.3) is 5.82 Å². The fraction of sp³-hybridized carbons (Fsp3) is 0.194. The number of esters is 1. The van der Waals surface area contributed by atoms with Gasteiger partial charge in [0.1, 0.15) is 29.5 Å². The highest BCUT2D eigenvalue weighted by Crippen LogP contribution is 2.46. The van der Waals surface area contributed by atoms with Gasteiger partial charge in [-0.1, -0.05) is 54.2 Å². The summed E-state index contributed by atoms with van der Waals surface area (Å²) in [7, 11) is 1.58. The molecule has 4 heterocycles. The number of carbonyl (C=O) groups excluding carboxylic acids is 3. The average Bonchev–Trinajstić information content (AvgIpc) is 3.58. The number of nitrogens with one attached hydrogen (secondary N) is 1. The molecule has 0 saturated carbocycles. The summed E-state index contributed by atoms with van der Waals surface area (Å²) in [5.74, 6) is 0.507. The maximum absolute atomic E-state index is 13.7. The standard InChI is InChI=1S/C31H27N5O5S2/c1-40-22-12-10-21(11-13-22)18-41-31(39)27-24(43-23-9-5-14-32-28(23)35-16-6-15-33-35)19-42-30-26(29(38)36(27)30)34-25(37)17-20-7-3-2-4-8-20/h2-16,26,30H,17-19H2,1H3,(H,34,37)/t26-,30+/m1/s1. The minimum Gasteiger partial charge on any atom is -0.497 e. The predicted molar refractivity (Wildman–Crippen MR) is 162 cm³/mol. The number of methoxy groups -OCH3 is 1. The Morgan fingerprint density at radius 3 is 2.58 bits per heavy atom. The van der Waals surface area contributed by atoms with Crippen molar-refractivity contribution in [3.63, 3.8) is 0 Å². The van der Waals surface area contributed by atoms with Crippen LogP contribution in [-0.4, -0.2) is 61.7 Å². The second-order valence-electron chi connectivity index (χ2n) is 9.69. The quantitative estimate of drug-likeness (QED) is 0.210. The SMILES string of the molecule is COc1ccc(COC(=O)C2=C(Sc3cccnc3-n3cccn3)CS[C@H]3[C@H](NC(=O)Cc4ccccc4)C(=O)N23)cc1. The summed E-state index contributed by atoms with van der Waals surface area (Å²) < 4.78 is 12.6. The van der Waals surface area contributed by atoms with Crippen LogP contribution in [0.1, 0.15) is 11.1 Å². The molecule has 0 aliphatic carbocycles. The molecule has 0 radical (unpaired) electrons. The van der Waals surface area contributed by atoms with Crippen molar-refractivity contribution >= 4 is 41.3 Å². The minimum absolute atomic E-state index is 0.0206. The number of nitrogens with zero attached hydrogens (tertiary/aromatic N) is 4. The molecule has 218 valence electrons. The summed E-state index contributed by atoms with van der Waals surface area (Å²) in [4.78, 5) is 47.3. The molecule has 2 atom stereocenters. The number of benzene rings is 2. The van der Waals surface area contributed by atoms with E-state index in [4.69, 9.17) is 9.47 Å². The van der Waals surface area contributed by atoms with Gasteiger partial charge < -0.3 is 14.8 Å². The van der Waals surface area contributed by atoms with Gasteiger partial charge in [0, 0.05) is 29.2 Å². The van der Waals surface area contributed by atoms with Crippen LogP contribution >= 0.6 is 23.5 Å². The van der Waals surface area contributed by atoms with Gasteiger partial charge in [0.15, 0.2) is 5.82 Å². The Kier molecular flexibility index (Phi) is 8.47. The molecule has 1 saturated heterocycles. The van der Waals surface area contributed by atoms with Crippen LogP contribution in [0.4, 0.5) is 0 Å². The van der Waals surface area contributed by atoms with Gasteiger partial charge >= 0.3 is 5.97 Å². The van der Waals surface area contributed by atoms with Gasteiger partial charge in [-0.05, 0) is 41.5 Å². The molecule has 43 heavy (non-hydrogen) atoms. The van der Waals surface area contributed by atoms with Gasteiger partial charge in [0.2, 0.25) is 5.91 Å². The van der Waals surface area contributed by atoms with Crippen molar-refractivity contribution in [3.8, 4) is 11.6 Å². The zero-order valence-electron chi connectivity index (χ0n) is 23.1. The number of amides is 2. The molecule has 2 aromatic carbocycles. The fourth-order valence-corrected chi connectivity index (χ4v) is 7.33. The molecular formula is C31H27N5O5S2. The van der Waals surface area contributed by atoms with Crippen LogP contribution in [0.15, 0.2) is 107 Å². The molecular weight excluding hydrogens is 587 g/mol. The van der Waals surface area contributed by atoms with Gasteiger partial charge in [-0.2, -0.15) is 5.10 Å². The lowest BCUT2D eigenvalue weighted by Crippen LogP contribution is -2.70. The van der Waals surface area contributed by atoms with E-state index in [1.54, 1.807) is 48.6 Å². The van der Waals surface area contributed by atoms with Crippen molar-refractivity contribution in [2.24, 2.45) is 0 Å². The first-order valence-electron chi connectivity index (χ1n) is 13.5. The Balaban J connectivity index is 1.25. The maximum atomic E-state index is 13.7. The largest absolute Gasteiger partial charge is 0.497 e. The van der Waals surface area contributed by atoms with Crippen molar-refractivity contribution in [1.82, 2.24) is 25.0 Å². The van der Waals surface area contributed by atoms with E-state index >= 15 is 0 Å². The number of hydrogen-bond acceptors (Lipinski definition) is 9. The maximum Gasteiger partial charge on any atom is 0.356 e. The van der Waals surface area contributed by atoms with E-state index in [1.165, 1.54) is 28.4 Å². The Bertz CT molecular complexity index is 1660. The minimum atomic E-state index is -0.741. The monoisotopic (exact) mass is 613 g/mol. The number of pyridine rings is 1. The van der Waals surface area contributed by atoms with E-state index in [2.05, 4.69) is 15.4 Å². The molecule has 10 nitrogen and oxygen atoms in total. The molecule has 0 spiro atoms. The molecule has 4 aromatic rings. The van der Waals surface area contributed by atoms with Gasteiger partial charge in [-0.15, -0.1) is 11.8 Å². The fourth-order valence-electron chi connectivity index (χ4n) is 4.76. The number of carbonyl (C=O) groups is 3.